The first-order valence-corrected chi connectivity index (χ1v) is 10.5. The maximum atomic E-state index is 12.7. The molecule has 2 heterocycles. The summed E-state index contributed by atoms with van der Waals surface area (Å²) in [6, 6.07) is 13.1. The van der Waals surface area contributed by atoms with Gasteiger partial charge in [0.05, 0.1) is 18.1 Å². The van der Waals surface area contributed by atoms with Gasteiger partial charge in [-0.15, -0.1) is 0 Å². The number of amides is 1. The number of piperazine rings is 1. The number of nitro benzene ring substituents is 1. The van der Waals surface area contributed by atoms with E-state index in [1.165, 1.54) is 17.3 Å². The van der Waals surface area contributed by atoms with Crippen LogP contribution in [0.25, 0.3) is 0 Å². The highest BCUT2D eigenvalue weighted by atomic mass is 16.6. The molecule has 9 nitrogen and oxygen atoms in total. The van der Waals surface area contributed by atoms with Gasteiger partial charge in [-0.25, -0.2) is 5.01 Å². The third kappa shape index (κ3) is 4.95. The summed E-state index contributed by atoms with van der Waals surface area (Å²) in [7, 11) is 0. The standard InChI is InChI=1S/C22H27N5O4/c1-17-2-5-19(6-3-17)24-8-10-26(11-9-24)23-22(28)18-4-7-20(21(16-18)27(29)30)25-12-14-31-15-13-25/h2-7,16H,8-15H2,1H3,(H,23,28). The van der Waals surface area contributed by atoms with Crippen molar-refractivity contribution < 1.29 is 14.5 Å². The minimum absolute atomic E-state index is 0.0567. The number of hydrazine groups is 1. The summed E-state index contributed by atoms with van der Waals surface area (Å²) in [4.78, 5) is 28.1. The van der Waals surface area contributed by atoms with Crippen LogP contribution < -0.4 is 15.2 Å². The summed E-state index contributed by atoms with van der Waals surface area (Å²) in [6.07, 6.45) is 0. The molecule has 0 atom stereocenters. The molecule has 2 saturated heterocycles. The molecule has 0 bridgehead atoms. The van der Waals surface area contributed by atoms with E-state index < -0.39 is 4.92 Å². The van der Waals surface area contributed by atoms with Crippen molar-refractivity contribution in [2.24, 2.45) is 0 Å². The van der Waals surface area contributed by atoms with Crippen molar-refractivity contribution >= 4 is 23.0 Å². The zero-order valence-electron chi connectivity index (χ0n) is 17.6. The molecule has 0 radical (unpaired) electrons. The summed E-state index contributed by atoms with van der Waals surface area (Å²) in [5, 5.41) is 13.5. The molecule has 164 valence electrons. The molecule has 4 rings (SSSR count). The molecule has 2 aromatic rings. The van der Waals surface area contributed by atoms with Crippen LogP contribution in [-0.4, -0.2) is 68.3 Å². The topological polar surface area (TPSA) is 91.2 Å². The minimum atomic E-state index is -0.429. The van der Waals surface area contributed by atoms with Crippen molar-refractivity contribution in [1.29, 1.82) is 0 Å². The molecule has 0 saturated carbocycles. The average Bonchev–Trinajstić information content (AvgIpc) is 2.80. The third-order valence-corrected chi connectivity index (χ3v) is 5.72. The fraction of sp³-hybridized carbons (Fsp3) is 0.409. The fourth-order valence-electron chi connectivity index (χ4n) is 3.92. The maximum absolute atomic E-state index is 12.7. The number of anilines is 2. The predicted octanol–water partition coefficient (Wildman–Crippen LogP) is 2.21. The number of nitrogens with zero attached hydrogens (tertiary/aromatic N) is 4. The third-order valence-electron chi connectivity index (χ3n) is 5.72. The van der Waals surface area contributed by atoms with Crippen molar-refractivity contribution in [3.8, 4) is 0 Å². The molecule has 0 aliphatic carbocycles. The number of nitrogens with one attached hydrogen (secondary N) is 1. The van der Waals surface area contributed by atoms with E-state index in [1.54, 1.807) is 12.1 Å². The van der Waals surface area contributed by atoms with Crippen molar-refractivity contribution in [3.63, 3.8) is 0 Å². The van der Waals surface area contributed by atoms with Crippen LogP contribution >= 0.6 is 0 Å². The molecule has 2 aromatic carbocycles. The highest BCUT2D eigenvalue weighted by molar-refractivity contribution is 5.95. The molecule has 0 spiro atoms. The second-order valence-electron chi connectivity index (χ2n) is 7.81. The molecular formula is C22H27N5O4. The summed E-state index contributed by atoms with van der Waals surface area (Å²) in [5.41, 5.74) is 6.04. The lowest BCUT2D eigenvalue weighted by Gasteiger charge is -2.36. The Kier molecular flexibility index (Phi) is 6.34. The Labute approximate surface area is 181 Å². The van der Waals surface area contributed by atoms with Crippen LogP contribution in [0.3, 0.4) is 0 Å². The normalized spacial score (nSPS) is 17.5. The van der Waals surface area contributed by atoms with Gasteiger partial charge in [0, 0.05) is 56.6 Å². The van der Waals surface area contributed by atoms with Gasteiger partial charge in [0.15, 0.2) is 0 Å². The second-order valence-corrected chi connectivity index (χ2v) is 7.81. The highest BCUT2D eigenvalue weighted by Crippen LogP contribution is 2.30. The zero-order chi connectivity index (χ0) is 21.8. The van der Waals surface area contributed by atoms with Gasteiger partial charge in [0.25, 0.3) is 11.6 Å². The lowest BCUT2D eigenvalue weighted by atomic mass is 10.1. The minimum Gasteiger partial charge on any atom is -0.378 e. The first-order chi connectivity index (χ1) is 15.0. The number of morpholine rings is 1. The summed E-state index contributed by atoms with van der Waals surface area (Å²) >= 11 is 0. The predicted molar refractivity (Wildman–Crippen MR) is 119 cm³/mol. The Morgan fingerprint density at radius 3 is 2.29 bits per heavy atom. The van der Waals surface area contributed by atoms with Crippen LogP contribution in [-0.2, 0) is 4.74 Å². The number of ether oxygens (including phenoxy) is 1. The Hall–Kier alpha value is -3.17. The van der Waals surface area contributed by atoms with Gasteiger partial charge in [-0.2, -0.15) is 0 Å². The molecular weight excluding hydrogens is 398 g/mol. The Morgan fingerprint density at radius 2 is 1.65 bits per heavy atom. The summed E-state index contributed by atoms with van der Waals surface area (Å²) < 4.78 is 5.32. The molecule has 0 unspecified atom stereocenters. The quantitative estimate of drug-likeness (QED) is 0.580. The Balaban J connectivity index is 1.39. The molecule has 2 aliphatic rings. The fourth-order valence-corrected chi connectivity index (χ4v) is 3.92. The first-order valence-electron chi connectivity index (χ1n) is 10.5. The van der Waals surface area contributed by atoms with Gasteiger partial charge in [-0.1, -0.05) is 17.7 Å². The monoisotopic (exact) mass is 425 g/mol. The summed E-state index contributed by atoms with van der Waals surface area (Å²) in [5.74, 6) is -0.333. The van der Waals surface area contributed by atoms with Crippen LogP contribution in [0.2, 0.25) is 0 Å². The van der Waals surface area contributed by atoms with E-state index in [9.17, 15) is 14.9 Å². The van der Waals surface area contributed by atoms with Crippen LogP contribution in [0.15, 0.2) is 42.5 Å². The SMILES string of the molecule is Cc1ccc(N2CCN(NC(=O)c3ccc(N4CCOCC4)c([N+](=O)[O-])c3)CC2)cc1. The molecule has 9 heteroatoms. The van der Waals surface area contributed by atoms with E-state index in [-0.39, 0.29) is 17.2 Å². The molecule has 1 N–H and O–H groups in total. The van der Waals surface area contributed by atoms with E-state index >= 15 is 0 Å². The molecule has 31 heavy (non-hydrogen) atoms. The van der Waals surface area contributed by atoms with Crippen molar-refractivity contribution in [2.75, 3.05) is 62.3 Å². The number of hydrogen-bond acceptors (Lipinski definition) is 7. The number of aryl methyl sites for hydroxylation is 1. The van der Waals surface area contributed by atoms with Gasteiger partial charge in [-0.3, -0.25) is 20.3 Å². The van der Waals surface area contributed by atoms with E-state index in [0.29, 0.717) is 45.1 Å². The van der Waals surface area contributed by atoms with E-state index in [4.69, 9.17) is 4.74 Å². The van der Waals surface area contributed by atoms with E-state index in [2.05, 4.69) is 41.5 Å². The van der Waals surface area contributed by atoms with Crippen molar-refractivity contribution in [3.05, 3.63) is 63.7 Å². The number of carbonyl (C=O) groups is 1. The van der Waals surface area contributed by atoms with Crippen LogP contribution in [0.4, 0.5) is 17.1 Å². The van der Waals surface area contributed by atoms with Gasteiger partial charge in [0.2, 0.25) is 0 Å². The van der Waals surface area contributed by atoms with Gasteiger partial charge in [-0.05, 0) is 31.2 Å². The lowest BCUT2D eigenvalue weighted by Crippen LogP contribution is -2.53. The molecule has 1 amide bonds. The first kappa shape index (κ1) is 21.1. The number of hydrogen-bond donors (Lipinski definition) is 1. The Bertz CT molecular complexity index is 935. The van der Waals surface area contributed by atoms with E-state index in [0.717, 1.165) is 13.1 Å². The average molecular weight is 425 g/mol. The lowest BCUT2D eigenvalue weighted by molar-refractivity contribution is -0.384. The van der Waals surface area contributed by atoms with Gasteiger partial charge < -0.3 is 14.5 Å². The van der Waals surface area contributed by atoms with Gasteiger partial charge in [0.1, 0.15) is 5.69 Å². The molecule has 0 aromatic heterocycles. The van der Waals surface area contributed by atoms with Crippen LogP contribution in [0.1, 0.15) is 15.9 Å². The number of carbonyl (C=O) groups excluding carboxylic acids is 1. The van der Waals surface area contributed by atoms with Crippen molar-refractivity contribution in [1.82, 2.24) is 10.4 Å². The van der Waals surface area contributed by atoms with Gasteiger partial charge >= 0.3 is 0 Å². The summed E-state index contributed by atoms with van der Waals surface area (Å²) in [6.45, 7) is 7.26. The molecule has 2 fully saturated rings. The zero-order valence-corrected chi connectivity index (χ0v) is 17.6. The van der Waals surface area contributed by atoms with Crippen molar-refractivity contribution in [2.45, 2.75) is 6.92 Å². The molecule has 2 aliphatic heterocycles. The second kappa shape index (κ2) is 9.32. The number of nitro groups is 1. The van der Waals surface area contributed by atoms with E-state index in [1.807, 2.05) is 9.91 Å². The largest absolute Gasteiger partial charge is 0.378 e. The highest BCUT2D eigenvalue weighted by Gasteiger charge is 2.25. The number of rotatable bonds is 5. The maximum Gasteiger partial charge on any atom is 0.293 e. The van der Waals surface area contributed by atoms with Crippen LogP contribution in [0, 0.1) is 17.0 Å². The number of benzene rings is 2. The Morgan fingerprint density at radius 1 is 0.968 bits per heavy atom. The smallest absolute Gasteiger partial charge is 0.293 e. The van der Waals surface area contributed by atoms with Crippen LogP contribution in [0.5, 0.6) is 0 Å².